The first-order valence-corrected chi connectivity index (χ1v) is 10.6. The number of ether oxygens (including phenoxy) is 1. The summed E-state index contributed by atoms with van der Waals surface area (Å²) in [5.41, 5.74) is -0.115. The number of para-hydroxylation sites is 2. The first kappa shape index (κ1) is 21.7. The van der Waals surface area contributed by atoms with Crippen LogP contribution >= 0.6 is 0 Å². The van der Waals surface area contributed by atoms with E-state index in [1.165, 1.54) is 7.11 Å². The van der Waals surface area contributed by atoms with Crippen LogP contribution in [0.2, 0.25) is 0 Å². The molecule has 0 saturated carbocycles. The average Bonchev–Trinajstić information content (AvgIpc) is 2.74. The number of carboxylic acid groups (broad SMARTS) is 1. The summed E-state index contributed by atoms with van der Waals surface area (Å²) >= 11 is 0. The molecule has 0 aliphatic carbocycles. The molecule has 0 radical (unpaired) electrons. The molecule has 1 heterocycles. The topological polar surface area (TPSA) is 113 Å². The second-order valence-electron chi connectivity index (χ2n) is 6.81. The van der Waals surface area contributed by atoms with Gasteiger partial charge in [-0.05, 0) is 43.2 Å². The molecule has 2 aromatic carbocycles. The molecule has 1 aliphatic rings. The number of carbonyl (C=O) groups excluding carboxylic acids is 1. The van der Waals surface area contributed by atoms with E-state index in [1.807, 2.05) is 0 Å². The minimum Gasteiger partial charge on any atom is -0.495 e. The van der Waals surface area contributed by atoms with Crippen LogP contribution in [0.1, 0.15) is 23.2 Å². The highest BCUT2D eigenvalue weighted by Crippen LogP contribution is 2.27. The van der Waals surface area contributed by atoms with Gasteiger partial charge in [-0.3, -0.25) is 9.59 Å². The van der Waals surface area contributed by atoms with Crippen molar-refractivity contribution in [2.45, 2.75) is 17.7 Å². The summed E-state index contributed by atoms with van der Waals surface area (Å²) in [4.78, 5) is 23.4. The van der Waals surface area contributed by atoms with Gasteiger partial charge in [0.15, 0.2) is 0 Å². The van der Waals surface area contributed by atoms with Gasteiger partial charge in [-0.2, -0.15) is 4.31 Å². The summed E-state index contributed by atoms with van der Waals surface area (Å²) in [5, 5.41) is 11.6. The first-order chi connectivity index (χ1) is 14.2. The third-order valence-corrected chi connectivity index (χ3v) is 6.87. The number of carboxylic acids is 1. The second-order valence-corrected chi connectivity index (χ2v) is 8.75. The number of amides is 1. The number of piperidine rings is 1. The minimum atomic E-state index is -4.00. The van der Waals surface area contributed by atoms with Gasteiger partial charge in [0.05, 0.1) is 29.2 Å². The van der Waals surface area contributed by atoms with Crippen LogP contribution in [0.5, 0.6) is 5.75 Å². The fraction of sp³-hybridized carbons (Fsp3) is 0.300. The van der Waals surface area contributed by atoms with E-state index in [1.54, 1.807) is 24.3 Å². The number of nitrogens with one attached hydrogen (secondary N) is 1. The van der Waals surface area contributed by atoms with Crippen molar-refractivity contribution >= 4 is 27.6 Å². The first-order valence-electron chi connectivity index (χ1n) is 9.21. The van der Waals surface area contributed by atoms with Crippen LogP contribution in [0.25, 0.3) is 0 Å². The fourth-order valence-electron chi connectivity index (χ4n) is 3.27. The van der Waals surface area contributed by atoms with Gasteiger partial charge in [0.2, 0.25) is 10.0 Å². The molecule has 1 amide bonds. The van der Waals surface area contributed by atoms with E-state index >= 15 is 0 Å². The van der Waals surface area contributed by atoms with Gasteiger partial charge in [-0.1, -0.05) is 12.1 Å². The Balaban J connectivity index is 1.84. The number of anilines is 1. The standard InChI is InChI=1S/C20H21FN2O6S/c1-29-18-5-3-2-4-17(18)22-19(24)15-12-14(6-7-16(15)21)30(27,28)23-10-8-13(9-11-23)20(25)26/h2-7,12-13H,8-11H2,1H3,(H,22,24)(H,25,26). The average molecular weight is 436 g/mol. The lowest BCUT2D eigenvalue weighted by Crippen LogP contribution is -2.40. The van der Waals surface area contributed by atoms with Crippen LogP contribution in [-0.4, -0.2) is 49.9 Å². The molecule has 160 valence electrons. The van der Waals surface area contributed by atoms with Gasteiger partial charge in [-0.25, -0.2) is 12.8 Å². The number of carbonyl (C=O) groups is 2. The fourth-order valence-corrected chi connectivity index (χ4v) is 4.77. The maximum Gasteiger partial charge on any atom is 0.306 e. The molecule has 1 aliphatic heterocycles. The largest absolute Gasteiger partial charge is 0.495 e. The molecule has 30 heavy (non-hydrogen) atoms. The number of rotatable bonds is 6. The molecule has 0 unspecified atom stereocenters. The van der Waals surface area contributed by atoms with Crippen LogP contribution in [0, 0.1) is 11.7 Å². The molecule has 2 N–H and O–H groups in total. The van der Waals surface area contributed by atoms with Crippen LogP contribution in [0.4, 0.5) is 10.1 Å². The summed E-state index contributed by atoms with van der Waals surface area (Å²) in [7, 11) is -2.58. The van der Waals surface area contributed by atoms with Gasteiger partial charge in [0.25, 0.3) is 5.91 Å². The zero-order valence-electron chi connectivity index (χ0n) is 16.2. The molecular weight excluding hydrogens is 415 g/mol. The van der Waals surface area contributed by atoms with Crippen molar-refractivity contribution in [3.8, 4) is 5.75 Å². The Kier molecular flexibility index (Phi) is 6.37. The third kappa shape index (κ3) is 4.44. The number of sulfonamides is 1. The Labute approximate surface area is 173 Å². The van der Waals surface area contributed by atoms with Gasteiger partial charge < -0.3 is 15.2 Å². The Morgan fingerprint density at radius 1 is 1.17 bits per heavy atom. The monoisotopic (exact) mass is 436 g/mol. The molecule has 10 heteroatoms. The smallest absolute Gasteiger partial charge is 0.306 e. The molecule has 8 nitrogen and oxygen atoms in total. The van der Waals surface area contributed by atoms with Crippen LogP contribution < -0.4 is 10.1 Å². The van der Waals surface area contributed by atoms with E-state index in [4.69, 9.17) is 9.84 Å². The summed E-state index contributed by atoms with van der Waals surface area (Å²) in [6.45, 7) is 0.0822. The van der Waals surface area contributed by atoms with Crippen molar-refractivity contribution in [3.63, 3.8) is 0 Å². The van der Waals surface area contributed by atoms with Gasteiger partial charge in [0.1, 0.15) is 11.6 Å². The number of benzene rings is 2. The predicted octanol–water partition coefficient (Wildman–Crippen LogP) is 2.57. The lowest BCUT2D eigenvalue weighted by atomic mass is 9.99. The number of halogens is 1. The molecular formula is C20H21FN2O6S. The Morgan fingerprint density at radius 3 is 2.47 bits per heavy atom. The quantitative estimate of drug-likeness (QED) is 0.720. The van der Waals surface area contributed by atoms with Crippen LogP contribution in [-0.2, 0) is 14.8 Å². The van der Waals surface area contributed by atoms with Crippen molar-refractivity contribution < 1.29 is 32.2 Å². The van der Waals surface area contributed by atoms with Crippen molar-refractivity contribution in [1.82, 2.24) is 4.31 Å². The Bertz CT molecular complexity index is 1060. The lowest BCUT2D eigenvalue weighted by Gasteiger charge is -2.29. The van der Waals surface area contributed by atoms with E-state index in [0.29, 0.717) is 11.4 Å². The molecule has 2 aromatic rings. The maximum absolute atomic E-state index is 14.3. The van der Waals surface area contributed by atoms with Crippen LogP contribution in [0.15, 0.2) is 47.4 Å². The van der Waals surface area contributed by atoms with E-state index in [-0.39, 0.29) is 30.8 Å². The lowest BCUT2D eigenvalue weighted by molar-refractivity contribution is -0.142. The number of aliphatic carboxylic acids is 1. The highest BCUT2D eigenvalue weighted by atomic mass is 32.2. The Hall–Kier alpha value is -2.98. The summed E-state index contributed by atoms with van der Waals surface area (Å²) < 4.78 is 46.4. The predicted molar refractivity (Wildman–Crippen MR) is 106 cm³/mol. The highest BCUT2D eigenvalue weighted by Gasteiger charge is 2.32. The molecule has 1 saturated heterocycles. The number of methoxy groups -OCH3 is 1. The normalized spacial score (nSPS) is 15.5. The molecule has 0 bridgehead atoms. The molecule has 0 atom stereocenters. The molecule has 0 spiro atoms. The second kappa shape index (κ2) is 8.80. The highest BCUT2D eigenvalue weighted by molar-refractivity contribution is 7.89. The van der Waals surface area contributed by atoms with E-state index in [0.717, 1.165) is 22.5 Å². The van der Waals surface area contributed by atoms with E-state index in [2.05, 4.69) is 5.32 Å². The summed E-state index contributed by atoms with van der Waals surface area (Å²) in [6.07, 6.45) is 0.383. The van der Waals surface area contributed by atoms with Crippen molar-refractivity contribution in [2.24, 2.45) is 5.92 Å². The van der Waals surface area contributed by atoms with Gasteiger partial charge in [-0.15, -0.1) is 0 Å². The zero-order valence-corrected chi connectivity index (χ0v) is 17.0. The molecule has 0 aromatic heterocycles. The van der Waals surface area contributed by atoms with E-state index < -0.39 is 39.2 Å². The SMILES string of the molecule is COc1ccccc1NC(=O)c1cc(S(=O)(=O)N2CCC(C(=O)O)CC2)ccc1F. The number of hydrogen-bond acceptors (Lipinski definition) is 5. The molecule has 3 rings (SSSR count). The maximum atomic E-state index is 14.3. The van der Waals surface area contributed by atoms with E-state index in [9.17, 15) is 22.4 Å². The summed E-state index contributed by atoms with van der Waals surface area (Å²) in [6, 6.07) is 9.56. The van der Waals surface area contributed by atoms with Gasteiger partial charge >= 0.3 is 5.97 Å². The van der Waals surface area contributed by atoms with Crippen molar-refractivity contribution in [2.75, 3.05) is 25.5 Å². The number of hydrogen-bond donors (Lipinski definition) is 2. The van der Waals surface area contributed by atoms with Crippen LogP contribution in [0.3, 0.4) is 0 Å². The minimum absolute atomic E-state index is 0.0411. The van der Waals surface area contributed by atoms with Crippen molar-refractivity contribution in [1.29, 1.82) is 0 Å². The van der Waals surface area contributed by atoms with Crippen molar-refractivity contribution in [3.05, 3.63) is 53.8 Å². The van der Waals surface area contributed by atoms with Gasteiger partial charge in [0, 0.05) is 13.1 Å². The third-order valence-electron chi connectivity index (χ3n) is 4.98. The number of nitrogens with zero attached hydrogens (tertiary/aromatic N) is 1. The summed E-state index contributed by atoms with van der Waals surface area (Å²) in [5.74, 6) is -2.86. The zero-order chi connectivity index (χ0) is 21.9. The molecule has 1 fully saturated rings. The Morgan fingerprint density at radius 2 is 1.83 bits per heavy atom.